The molecule has 11 heteroatoms. The molecule has 0 saturated heterocycles. The summed E-state index contributed by atoms with van der Waals surface area (Å²) in [4.78, 5) is 28.2. The average Bonchev–Trinajstić information content (AvgIpc) is 3.28. The number of nitrogens with zero attached hydrogens (tertiary/aromatic N) is 2. The fourth-order valence-electron chi connectivity index (χ4n) is 2.96. The number of hydrogen-bond acceptors (Lipinski definition) is 9. The van der Waals surface area contributed by atoms with Crippen molar-refractivity contribution in [2.45, 2.75) is 27.2 Å². The Balaban J connectivity index is 1.61. The highest BCUT2D eigenvalue weighted by molar-refractivity contribution is 9.10. The van der Waals surface area contributed by atoms with Crippen LogP contribution in [-0.2, 0) is 20.7 Å². The molecule has 3 rings (SSSR count). The van der Waals surface area contributed by atoms with Crippen LogP contribution in [0.25, 0.3) is 0 Å². The van der Waals surface area contributed by atoms with Crippen LogP contribution in [0.4, 0.5) is 10.8 Å². The summed E-state index contributed by atoms with van der Waals surface area (Å²) in [5.74, 6) is 0.311. The van der Waals surface area contributed by atoms with Crippen molar-refractivity contribution in [1.82, 2.24) is 4.98 Å². The number of ether oxygens (including phenoxy) is 3. The number of carbonyl (C=O) groups is 2. The zero-order valence-electron chi connectivity index (χ0n) is 20.2. The number of benzene rings is 2. The van der Waals surface area contributed by atoms with Gasteiger partial charge >= 0.3 is 5.97 Å². The van der Waals surface area contributed by atoms with E-state index in [0.29, 0.717) is 45.7 Å². The fourth-order valence-corrected chi connectivity index (χ4v) is 4.05. The van der Waals surface area contributed by atoms with Crippen molar-refractivity contribution < 1.29 is 23.8 Å². The highest BCUT2D eigenvalue weighted by Gasteiger charge is 2.13. The van der Waals surface area contributed by atoms with Gasteiger partial charge in [0.25, 0.3) is 5.91 Å². The Morgan fingerprint density at radius 1 is 1.11 bits per heavy atom. The first-order valence-electron chi connectivity index (χ1n) is 11.2. The van der Waals surface area contributed by atoms with Crippen molar-refractivity contribution >= 4 is 56.2 Å². The van der Waals surface area contributed by atoms with Gasteiger partial charge in [-0.2, -0.15) is 5.10 Å². The van der Waals surface area contributed by atoms with Gasteiger partial charge in [-0.05, 0) is 61.0 Å². The van der Waals surface area contributed by atoms with Crippen LogP contribution >= 0.6 is 27.3 Å². The van der Waals surface area contributed by atoms with E-state index in [1.807, 2.05) is 38.1 Å². The smallest absolute Gasteiger partial charge is 0.311 e. The van der Waals surface area contributed by atoms with E-state index in [-0.39, 0.29) is 24.9 Å². The van der Waals surface area contributed by atoms with Crippen LogP contribution < -0.4 is 20.2 Å². The molecule has 0 atom stereocenters. The number of thiazole rings is 1. The number of hydrazone groups is 1. The Hall–Kier alpha value is -3.44. The Labute approximate surface area is 222 Å². The number of esters is 1. The molecule has 0 aliphatic carbocycles. The van der Waals surface area contributed by atoms with Crippen LogP contribution in [0, 0.1) is 6.92 Å². The first kappa shape index (κ1) is 27.2. The second-order valence-corrected chi connectivity index (χ2v) is 9.16. The molecule has 2 aromatic carbocycles. The molecule has 36 heavy (non-hydrogen) atoms. The van der Waals surface area contributed by atoms with Crippen LogP contribution in [0.3, 0.4) is 0 Å². The number of aromatic nitrogens is 1. The molecule has 0 unspecified atom stereocenters. The van der Waals surface area contributed by atoms with E-state index in [0.717, 1.165) is 11.1 Å². The zero-order chi connectivity index (χ0) is 25.9. The minimum atomic E-state index is -0.319. The molecule has 0 aliphatic rings. The summed E-state index contributed by atoms with van der Waals surface area (Å²) < 4.78 is 17.1. The quantitative estimate of drug-likeness (QED) is 0.174. The third-order valence-corrected chi connectivity index (χ3v) is 6.09. The van der Waals surface area contributed by atoms with Crippen molar-refractivity contribution in [1.29, 1.82) is 0 Å². The molecule has 190 valence electrons. The van der Waals surface area contributed by atoms with Gasteiger partial charge in [0.2, 0.25) is 5.13 Å². The summed E-state index contributed by atoms with van der Waals surface area (Å²) >= 11 is 4.85. The van der Waals surface area contributed by atoms with Crippen LogP contribution in [0.5, 0.6) is 11.5 Å². The van der Waals surface area contributed by atoms with E-state index in [9.17, 15) is 9.59 Å². The molecule has 9 nitrogen and oxygen atoms in total. The third-order valence-electron chi connectivity index (χ3n) is 4.60. The van der Waals surface area contributed by atoms with E-state index in [4.69, 9.17) is 14.2 Å². The molecule has 0 aliphatic heterocycles. The number of rotatable bonds is 12. The van der Waals surface area contributed by atoms with Gasteiger partial charge in [-0.3, -0.25) is 15.0 Å². The maximum absolute atomic E-state index is 12.3. The van der Waals surface area contributed by atoms with Crippen molar-refractivity contribution in [3.63, 3.8) is 0 Å². The highest BCUT2D eigenvalue weighted by atomic mass is 79.9. The first-order chi connectivity index (χ1) is 17.4. The predicted molar refractivity (Wildman–Crippen MR) is 144 cm³/mol. The summed E-state index contributed by atoms with van der Waals surface area (Å²) in [7, 11) is 0. The van der Waals surface area contributed by atoms with Crippen molar-refractivity contribution in [2.75, 3.05) is 30.6 Å². The van der Waals surface area contributed by atoms with Crippen LogP contribution in [0.2, 0.25) is 0 Å². The molecule has 0 saturated carbocycles. The minimum Gasteiger partial charge on any atom is -0.490 e. The van der Waals surface area contributed by atoms with Gasteiger partial charge in [0.05, 0.1) is 31.5 Å². The summed E-state index contributed by atoms with van der Waals surface area (Å²) in [6.45, 7) is 6.19. The molecule has 1 amide bonds. The van der Waals surface area contributed by atoms with Gasteiger partial charge < -0.3 is 19.5 Å². The third kappa shape index (κ3) is 8.35. The second kappa shape index (κ2) is 13.6. The summed E-state index contributed by atoms with van der Waals surface area (Å²) in [5, 5.41) is 9.35. The number of anilines is 2. The second-order valence-electron chi connectivity index (χ2n) is 7.45. The largest absolute Gasteiger partial charge is 0.490 e. The molecule has 0 bridgehead atoms. The molecule has 1 aromatic heterocycles. The monoisotopic (exact) mass is 574 g/mol. The van der Waals surface area contributed by atoms with Crippen LogP contribution in [-0.4, -0.2) is 42.9 Å². The van der Waals surface area contributed by atoms with Gasteiger partial charge in [0.15, 0.2) is 18.1 Å². The first-order valence-corrected chi connectivity index (χ1v) is 12.9. The standard InChI is InChI=1S/C25H27BrN4O5S/c1-4-33-21-10-17(13-27-30-25-29-19(15-36-25)11-24(32)34-5-2)20(26)12-22(21)35-14-23(31)28-18-8-6-16(3)7-9-18/h6-10,12-13,15H,4-5,11,14H2,1-3H3,(H,28,31)(H,29,30). The van der Waals surface area contributed by atoms with Gasteiger partial charge in [-0.15, -0.1) is 11.3 Å². The van der Waals surface area contributed by atoms with Crippen molar-refractivity contribution in [3.05, 3.63) is 63.1 Å². The average molecular weight is 575 g/mol. The number of halogens is 1. The Morgan fingerprint density at radius 3 is 2.58 bits per heavy atom. The molecule has 0 radical (unpaired) electrons. The molecule has 0 fully saturated rings. The molecule has 0 spiro atoms. The number of carbonyl (C=O) groups excluding carboxylic acids is 2. The van der Waals surface area contributed by atoms with Gasteiger partial charge in [-0.1, -0.05) is 17.7 Å². The molecular formula is C25H27BrN4O5S. The maximum Gasteiger partial charge on any atom is 0.311 e. The van der Waals surface area contributed by atoms with E-state index in [1.165, 1.54) is 11.3 Å². The van der Waals surface area contributed by atoms with Crippen LogP contribution in [0.1, 0.15) is 30.7 Å². The zero-order valence-corrected chi connectivity index (χ0v) is 22.6. The lowest BCUT2D eigenvalue weighted by molar-refractivity contribution is -0.142. The van der Waals surface area contributed by atoms with E-state index in [2.05, 4.69) is 36.8 Å². The topological polar surface area (TPSA) is 111 Å². The Bertz CT molecular complexity index is 1210. The van der Waals surface area contributed by atoms with Gasteiger partial charge in [0, 0.05) is 21.1 Å². The summed E-state index contributed by atoms with van der Waals surface area (Å²) in [5.41, 5.74) is 6.01. The number of amides is 1. The lowest BCUT2D eigenvalue weighted by Gasteiger charge is -2.14. The predicted octanol–water partition coefficient (Wildman–Crippen LogP) is 5.18. The molecule has 3 aromatic rings. The molecule has 1 heterocycles. The lowest BCUT2D eigenvalue weighted by atomic mass is 10.2. The number of nitrogens with one attached hydrogen (secondary N) is 2. The highest BCUT2D eigenvalue weighted by Crippen LogP contribution is 2.33. The van der Waals surface area contributed by atoms with Crippen LogP contribution in [0.15, 0.2) is 51.4 Å². The maximum atomic E-state index is 12.3. The van der Waals surface area contributed by atoms with E-state index >= 15 is 0 Å². The number of hydrogen-bond donors (Lipinski definition) is 2. The summed E-state index contributed by atoms with van der Waals surface area (Å²) in [6, 6.07) is 11.0. The van der Waals surface area contributed by atoms with Gasteiger partial charge in [0.1, 0.15) is 0 Å². The summed E-state index contributed by atoms with van der Waals surface area (Å²) in [6.07, 6.45) is 1.72. The van der Waals surface area contributed by atoms with Crippen molar-refractivity contribution in [3.8, 4) is 11.5 Å². The normalized spacial score (nSPS) is 10.8. The SMILES string of the molecule is CCOC(=O)Cc1csc(NN=Cc2cc(OCC)c(OCC(=O)Nc3ccc(C)cc3)cc2Br)n1. The molecular weight excluding hydrogens is 548 g/mol. The molecule has 2 N–H and O–H groups in total. The Morgan fingerprint density at radius 2 is 1.86 bits per heavy atom. The van der Waals surface area contributed by atoms with E-state index < -0.39 is 0 Å². The number of aryl methyl sites for hydroxylation is 1. The van der Waals surface area contributed by atoms with Crippen molar-refractivity contribution in [2.24, 2.45) is 5.10 Å². The van der Waals surface area contributed by atoms with Gasteiger partial charge in [-0.25, -0.2) is 4.98 Å². The minimum absolute atomic E-state index is 0.115. The Kier molecular flexibility index (Phi) is 10.3. The van der Waals surface area contributed by atoms with E-state index in [1.54, 1.807) is 30.7 Å². The lowest BCUT2D eigenvalue weighted by Crippen LogP contribution is -2.20. The fraction of sp³-hybridized carbons (Fsp3) is 0.280.